The molecule has 0 saturated carbocycles. The molecule has 0 bridgehead atoms. The summed E-state index contributed by atoms with van der Waals surface area (Å²) in [5.41, 5.74) is 1.83. The number of rotatable bonds is 8. The molecule has 8 heteroatoms. The molecule has 0 atom stereocenters. The number of hydrogen-bond acceptors (Lipinski definition) is 5. The lowest BCUT2D eigenvalue weighted by Gasteiger charge is -2.36. The quantitative estimate of drug-likeness (QED) is 0.707. The van der Waals surface area contributed by atoms with Gasteiger partial charge in [0.15, 0.2) is 0 Å². The minimum absolute atomic E-state index is 0.0360. The van der Waals surface area contributed by atoms with Crippen molar-refractivity contribution in [1.29, 1.82) is 0 Å². The molecule has 1 aliphatic heterocycles. The molecule has 0 spiro atoms. The van der Waals surface area contributed by atoms with E-state index in [-0.39, 0.29) is 5.75 Å². The highest BCUT2D eigenvalue weighted by Gasteiger charge is 2.20. The summed E-state index contributed by atoms with van der Waals surface area (Å²) < 4.78 is 32.6. The SMILES string of the molecule is COc1ccccc1N1CCN(CCNS(=O)(=O)Cc2ccc(Cl)cc2)CC1. The molecule has 0 aliphatic carbocycles. The molecule has 2 aromatic rings. The number of hydrogen-bond donors (Lipinski definition) is 1. The van der Waals surface area contributed by atoms with Gasteiger partial charge in [-0.2, -0.15) is 0 Å². The fourth-order valence-corrected chi connectivity index (χ4v) is 4.58. The molecule has 0 amide bonds. The number of benzene rings is 2. The molecule has 6 nitrogen and oxygen atoms in total. The van der Waals surface area contributed by atoms with Crippen molar-refractivity contribution in [3.05, 3.63) is 59.1 Å². The largest absolute Gasteiger partial charge is 0.495 e. The van der Waals surface area contributed by atoms with Crippen LogP contribution in [0.25, 0.3) is 0 Å². The van der Waals surface area contributed by atoms with E-state index in [1.807, 2.05) is 18.2 Å². The third kappa shape index (κ3) is 5.85. The molecule has 3 rings (SSSR count). The summed E-state index contributed by atoms with van der Waals surface area (Å²) >= 11 is 5.84. The van der Waals surface area contributed by atoms with Crippen molar-refractivity contribution in [2.75, 3.05) is 51.3 Å². The smallest absolute Gasteiger partial charge is 0.215 e. The molecule has 0 radical (unpaired) electrons. The van der Waals surface area contributed by atoms with Crippen LogP contribution >= 0.6 is 11.6 Å². The number of sulfonamides is 1. The van der Waals surface area contributed by atoms with Crippen molar-refractivity contribution in [2.45, 2.75) is 5.75 Å². The lowest BCUT2D eigenvalue weighted by atomic mass is 10.2. The van der Waals surface area contributed by atoms with Crippen LogP contribution in [0.15, 0.2) is 48.5 Å². The van der Waals surface area contributed by atoms with E-state index in [1.165, 1.54) is 0 Å². The average molecular weight is 424 g/mol. The zero-order valence-electron chi connectivity index (χ0n) is 16.0. The summed E-state index contributed by atoms with van der Waals surface area (Å²) in [6, 6.07) is 14.9. The van der Waals surface area contributed by atoms with Gasteiger partial charge < -0.3 is 9.64 Å². The van der Waals surface area contributed by atoms with Gasteiger partial charge >= 0.3 is 0 Å². The van der Waals surface area contributed by atoms with Crippen molar-refractivity contribution >= 4 is 27.3 Å². The molecule has 152 valence electrons. The molecule has 1 fully saturated rings. The Kier molecular flexibility index (Phi) is 7.18. The first-order valence-electron chi connectivity index (χ1n) is 9.29. The Balaban J connectivity index is 1.43. The zero-order valence-corrected chi connectivity index (χ0v) is 17.5. The van der Waals surface area contributed by atoms with Crippen LogP contribution in [0.1, 0.15) is 5.56 Å². The van der Waals surface area contributed by atoms with Gasteiger partial charge in [0.1, 0.15) is 5.75 Å². The molecular weight excluding hydrogens is 398 g/mol. The van der Waals surface area contributed by atoms with Crippen LogP contribution in [0.3, 0.4) is 0 Å². The topological polar surface area (TPSA) is 61.9 Å². The van der Waals surface area contributed by atoms with E-state index in [9.17, 15) is 8.42 Å². The van der Waals surface area contributed by atoms with Gasteiger partial charge in [0.25, 0.3) is 0 Å². The number of halogens is 1. The third-order valence-electron chi connectivity index (χ3n) is 4.82. The van der Waals surface area contributed by atoms with Gasteiger partial charge in [0.05, 0.1) is 18.6 Å². The highest BCUT2D eigenvalue weighted by Crippen LogP contribution is 2.28. The van der Waals surface area contributed by atoms with Gasteiger partial charge in [-0.15, -0.1) is 0 Å². The molecule has 2 aromatic carbocycles. The molecule has 28 heavy (non-hydrogen) atoms. The fourth-order valence-electron chi connectivity index (χ4n) is 3.31. The normalized spacial score (nSPS) is 15.6. The molecule has 1 heterocycles. The van der Waals surface area contributed by atoms with E-state index in [4.69, 9.17) is 16.3 Å². The summed E-state index contributed by atoms with van der Waals surface area (Å²) in [6.07, 6.45) is 0. The fraction of sp³-hybridized carbons (Fsp3) is 0.400. The van der Waals surface area contributed by atoms with Crippen molar-refractivity contribution in [3.8, 4) is 5.75 Å². The van der Waals surface area contributed by atoms with Gasteiger partial charge in [-0.05, 0) is 29.8 Å². The van der Waals surface area contributed by atoms with E-state index in [0.29, 0.717) is 18.1 Å². The predicted octanol–water partition coefficient (Wildman–Crippen LogP) is 2.59. The monoisotopic (exact) mass is 423 g/mol. The third-order valence-corrected chi connectivity index (χ3v) is 6.43. The van der Waals surface area contributed by atoms with Gasteiger partial charge in [0, 0.05) is 44.3 Å². The number of piperazine rings is 1. The maximum Gasteiger partial charge on any atom is 0.215 e. The van der Waals surface area contributed by atoms with E-state index < -0.39 is 10.0 Å². The molecular formula is C20H26ClN3O3S. The first-order chi connectivity index (χ1) is 13.5. The van der Waals surface area contributed by atoms with Crippen molar-refractivity contribution in [3.63, 3.8) is 0 Å². The molecule has 0 aromatic heterocycles. The van der Waals surface area contributed by atoms with Crippen molar-refractivity contribution in [2.24, 2.45) is 0 Å². The lowest BCUT2D eigenvalue weighted by Crippen LogP contribution is -2.48. The highest BCUT2D eigenvalue weighted by molar-refractivity contribution is 7.88. The Hall–Kier alpha value is -1.80. The summed E-state index contributed by atoms with van der Waals surface area (Å²) in [7, 11) is -1.67. The summed E-state index contributed by atoms with van der Waals surface area (Å²) in [5, 5.41) is 0.598. The average Bonchev–Trinajstić information content (AvgIpc) is 2.70. The number of nitrogens with one attached hydrogen (secondary N) is 1. The maximum absolute atomic E-state index is 12.2. The second kappa shape index (κ2) is 9.60. The van der Waals surface area contributed by atoms with Gasteiger partial charge in [-0.25, -0.2) is 13.1 Å². The minimum atomic E-state index is -3.36. The van der Waals surface area contributed by atoms with Crippen LogP contribution in [-0.2, 0) is 15.8 Å². The van der Waals surface area contributed by atoms with Crippen LogP contribution < -0.4 is 14.4 Å². The number of methoxy groups -OCH3 is 1. The molecule has 0 unspecified atom stereocenters. The minimum Gasteiger partial charge on any atom is -0.495 e. The van der Waals surface area contributed by atoms with Gasteiger partial charge in [-0.3, -0.25) is 4.90 Å². The van der Waals surface area contributed by atoms with E-state index in [1.54, 1.807) is 31.4 Å². The summed E-state index contributed by atoms with van der Waals surface area (Å²) in [5.74, 6) is 0.845. The van der Waals surface area contributed by atoms with Crippen molar-refractivity contribution < 1.29 is 13.2 Å². The number of nitrogens with zero attached hydrogens (tertiary/aromatic N) is 2. The Morgan fingerprint density at radius 1 is 1.04 bits per heavy atom. The second-order valence-corrected chi connectivity index (χ2v) is 9.02. The maximum atomic E-state index is 12.2. The van der Waals surface area contributed by atoms with Crippen LogP contribution in [-0.4, -0.2) is 59.7 Å². The first kappa shape index (κ1) is 20.9. The van der Waals surface area contributed by atoms with Crippen LogP contribution in [0.4, 0.5) is 5.69 Å². The molecule has 1 aliphatic rings. The predicted molar refractivity (Wildman–Crippen MR) is 114 cm³/mol. The summed E-state index contributed by atoms with van der Waals surface area (Å²) in [4.78, 5) is 4.58. The Bertz CT molecular complexity index is 867. The Morgan fingerprint density at radius 2 is 1.71 bits per heavy atom. The number of anilines is 1. The molecule has 1 N–H and O–H groups in total. The number of ether oxygens (including phenoxy) is 1. The summed E-state index contributed by atoms with van der Waals surface area (Å²) in [6.45, 7) is 4.65. The Morgan fingerprint density at radius 3 is 2.39 bits per heavy atom. The Labute approximate surface area is 172 Å². The van der Waals surface area contributed by atoms with E-state index >= 15 is 0 Å². The van der Waals surface area contributed by atoms with Crippen LogP contribution in [0.5, 0.6) is 5.75 Å². The van der Waals surface area contributed by atoms with E-state index in [0.717, 1.165) is 43.2 Å². The van der Waals surface area contributed by atoms with Gasteiger partial charge in [0.2, 0.25) is 10.0 Å². The van der Waals surface area contributed by atoms with Crippen LogP contribution in [0.2, 0.25) is 5.02 Å². The standard InChI is InChI=1S/C20H26ClN3O3S/c1-27-20-5-3-2-4-19(20)24-14-12-23(13-15-24)11-10-22-28(25,26)16-17-6-8-18(21)9-7-17/h2-9,22H,10-16H2,1H3. The zero-order chi connectivity index (χ0) is 20.0. The van der Waals surface area contributed by atoms with Crippen LogP contribution in [0, 0.1) is 0 Å². The highest BCUT2D eigenvalue weighted by atomic mass is 35.5. The lowest BCUT2D eigenvalue weighted by molar-refractivity contribution is 0.261. The second-order valence-electron chi connectivity index (χ2n) is 6.78. The van der Waals surface area contributed by atoms with Gasteiger partial charge in [-0.1, -0.05) is 35.9 Å². The van der Waals surface area contributed by atoms with Crippen molar-refractivity contribution in [1.82, 2.24) is 9.62 Å². The first-order valence-corrected chi connectivity index (χ1v) is 11.3. The number of para-hydroxylation sites is 2. The molecule has 1 saturated heterocycles. The van der Waals surface area contributed by atoms with E-state index in [2.05, 4.69) is 20.6 Å².